The van der Waals surface area contributed by atoms with E-state index in [2.05, 4.69) is 15.3 Å². The Morgan fingerprint density at radius 1 is 1.44 bits per heavy atom. The van der Waals surface area contributed by atoms with Gasteiger partial charge in [-0.1, -0.05) is 24.2 Å². The highest BCUT2D eigenvalue weighted by atomic mass is 32.1. The summed E-state index contributed by atoms with van der Waals surface area (Å²) in [5.41, 5.74) is 3.35. The minimum atomic E-state index is -0.135. The number of rotatable bonds is 5. The lowest BCUT2D eigenvalue weighted by molar-refractivity contribution is -0.114. The third-order valence-corrected chi connectivity index (χ3v) is 5.79. The van der Waals surface area contributed by atoms with Gasteiger partial charge in [0.15, 0.2) is 5.13 Å². The highest BCUT2D eigenvalue weighted by Crippen LogP contribution is 2.36. The van der Waals surface area contributed by atoms with Crippen molar-refractivity contribution in [2.45, 2.75) is 39.7 Å². The summed E-state index contributed by atoms with van der Waals surface area (Å²) in [7, 11) is 0. The Kier molecular flexibility index (Phi) is 4.03. The van der Waals surface area contributed by atoms with E-state index in [1.165, 1.54) is 31.1 Å². The van der Waals surface area contributed by atoms with Gasteiger partial charge in [-0.2, -0.15) is 0 Å². The summed E-state index contributed by atoms with van der Waals surface area (Å²) in [6.45, 7) is 4.84. The second-order valence-electron chi connectivity index (χ2n) is 6.81. The Morgan fingerprint density at radius 2 is 2.24 bits per heavy atom. The molecule has 0 bridgehead atoms. The molecule has 1 fully saturated rings. The largest absolute Gasteiger partial charge is 0.333 e. The van der Waals surface area contributed by atoms with Crippen LogP contribution in [-0.2, 0) is 11.3 Å². The van der Waals surface area contributed by atoms with E-state index < -0.39 is 0 Å². The topological polar surface area (TPSA) is 75.2 Å². The standard InChI is InChI=1S/C18H20N4O2S/c1-10-16(25-18(20-10)21-11(2)23)13-7-14-9-22(6-5-12-3-4-12)17(24)15(14)19-8-13/h7-8,12H,3-6,9H2,1-2H3,(H,20,21,23). The first-order valence-electron chi connectivity index (χ1n) is 8.55. The van der Waals surface area contributed by atoms with E-state index in [-0.39, 0.29) is 11.8 Å². The van der Waals surface area contributed by atoms with Crippen molar-refractivity contribution in [3.05, 3.63) is 29.2 Å². The second-order valence-corrected chi connectivity index (χ2v) is 7.80. The van der Waals surface area contributed by atoms with E-state index in [4.69, 9.17) is 0 Å². The van der Waals surface area contributed by atoms with Crippen LogP contribution in [0.15, 0.2) is 12.3 Å². The zero-order chi connectivity index (χ0) is 17.6. The van der Waals surface area contributed by atoms with Crippen LogP contribution in [0.25, 0.3) is 10.4 Å². The number of fused-ring (bicyclic) bond motifs is 1. The number of carbonyl (C=O) groups excluding carboxylic acids is 2. The van der Waals surface area contributed by atoms with Crippen molar-refractivity contribution in [2.24, 2.45) is 5.92 Å². The van der Waals surface area contributed by atoms with Crippen molar-refractivity contribution in [3.63, 3.8) is 0 Å². The molecule has 3 heterocycles. The molecule has 0 unspecified atom stereocenters. The van der Waals surface area contributed by atoms with Crippen LogP contribution in [0.2, 0.25) is 0 Å². The van der Waals surface area contributed by atoms with E-state index in [9.17, 15) is 9.59 Å². The van der Waals surface area contributed by atoms with Crippen molar-refractivity contribution in [1.82, 2.24) is 14.9 Å². The molecule has 7 heteroatoms. The van der Waals surface area contributed by atoms with Crippen LogP contribution in [0, 0.1) is 12.8 Å². The molecule has 6 nitrogen and oxygen atoms in total. The van der Waals surface area contributed by atoms with Gasteiger partial charge in [0, 0.05) is 37.3 Å². The zero-order valence-electron chi connectivity index (χ0n) is 14.3. The molecular weight excluding hydrogens is 336 g/mol. The summed E-state index contributed by atoms with van der Waals surface area (Å²) in [4.78, 5) is 35.4. The Hall–Kier alpha value is -2.28. The molecule has 1 aliphatic heterocycles. The monoisotopic (exact) mass is 356 g/mol. The van der Waals surface area contributed by atoms with E-state index in [1.807, 2.05) is 17.9 Å². The number of carbonyl (C=O) groups is 2. The van der Waals surface area contributed by atoms with E-state index in [0.717, 1.165) is 40.6 Å². The molecule has 4 rings (SSSR count). The normalized spacial score (nSPS) is 16.2. The summed E-state index contributed by atoms with van der Waals surface area (Å²) in [5.74, 6) is 0.721. The van der Waals surface area contributed by atoms with Crippen LogP contribution in [0.1, 0.15) is 47.9 Å². The van der Waals surface area contributed by atoms with Crippen molar-refractivity contribution in [2.75, 3.05) is 11.9 Å². The van der Waals surface area contributed by atoms with Gasteiger partial charge in [-0.25, -0.2) is 4.98 Å². The van der Waals surface area contributed by atoms with Gasteiger partial charge in [0.05, 0.1) is 10.6 Å². The number of aromatic nitrogens is 2. The highest BCUT2D eigenvalue weighted by molar-refractivity contribution is 7.19. The number of amides is 2. The van der Waals surface area contributed by atoms with Crippen molar-refractivity contribution >= 4 is 28.3 Å². The molecule has 2 aromatic rings. The van der Waals surface area contributed by atoms with Crippen molar-refractivity contribution in [3.8, 4) is 10.4 Å². The van der Waals surface area contributed by atoms with Crippen molar-refractivity contribution < 1.29 is 9.59 Å². The van der Waals surface area contributed by atoms with Gasteiger partial charge < -0.3 is 10.2 Å². The minimum Gasteiger partial charge on any atom is -0.333 e. The smallest absolute Gasteiger partial charge is 0.273 e. The SMILES string of the molecule is CC(=O)Nc1nc(C)c(-c2cnc3c(c2)CN(CCC2CC2)C3=O)s1. The van der Waals surface area contributed by atoms with Gasteiger partial charge in [-0.15, -0.1) is 0 Å². The van der Waals surface area contributed by atoms with Crippen LogP contribution < -0.4 is 5.32 Å². The Morgan fingerprint density at radius 3 is 2.96 bits per heavy atom. The maximum absolute atomic E-state index is 12.5. The van der Waals surface area contributed by atoms with Crippen LogP contribution >= 0.6 is 11.3 Å². The molecule has 2 amide bonds. The van der Waals surface area contributed by atoms with Gasteiger partial charge in [0.2, 0.25) is 5.91 Å². The molecule has 0 spiro atoms. The van der Waals surface area contributed by atoms with Gasteiger partial charge in [0.25, 0.3) is 5.91 Å². The molecule has 2 aliphatic rings. The predicted octanol–water partition coefficient (Wildman–Crippen LogP) is 3.23. The quantitative estimate of drug-likeness (QED) is 0.892. The Bertz CT molecular complexity index is 857. The van der Waals surface area contributed by atoms with E-state index in [1.54, 1.807) is 6.20 Å². The third-order valence-electron chi connectivity index (χ3n) is 4.66. The number of nitrogens with one attached hydrogen (secondary N) is 1. The van der Waals surface area contributed by atoms with Crippen LogP contribution in [0.5, 0.6) is 0 Å². The summed E-state index contributed by atoms with van der Waals surface area (Å²) in [6, 6.07) is 2.04. The fraction of sp³-hybridized carbons (Fsp3) is 0.444. The molecule has 2 aromatic heterocycles. The first kappa shape index (κ1) is 16.2. The molecule has 25 heavy (non-hydrogen) atoms. The summed E-state index contributed by atoms with van der Waals surface area (Å²) in [5, 5.41) is 3.31. The highest BCUT2D eigenvalue weighted by Gasteiger charge is 2.31. The number of hydrogen-bond donors (Lipinski definition) is 1. The first-order valence-corrected chi connectivity index (χ1v) is 9.36. The minimum absolute atomic E-state index is 0.0437. The summed E-state index contributed by atoms with van der Waals surface area (Å²) in [6.07, 6.45) is 5.44. The molecule has 0 radical (unpaired) electrons. The molecule has 1 saturated carbocycles. The second kappa shape index (κ2) is 6.22. The summed E-state index contributed by atoms with van der Waals surface area (Å²) < 4.78 is 0. The van der Waals surface area contributed by atoms with E-state index >= 15 is 0 Å². The van der Waals surface area contributed by atoms with Gasteiger partial charge in [-0.3, -0.25) is 14.6 Å². The lowest BCUT2D eigenvalue weighted by Crippen LogP contribution is -2.25. The number of anilines is 1. The maximum Gasteiger partial charge on any atom is 0.273 e. The Balaban J connectivity index is 1.56. The molecule has 130 valence electrons. The first-order chi connectivity index (χ1) is 12.0. The molecule has 0 atom stereocenters. The number of nitrogens with zero attached hydrogens (tertiary/aromatic N) is 3. The van der Waals surface area contributed by atoms with Gasteiger partial charge >= 0.3 is 0 Å². The van der Waals surface area contributed by atoms with Crippen LogP contribution in [0.3, 0.4) is 0 Å². The maximum atomic E-state index is 12.5. The zero-order valence-corrected chi connectivity index (χ0v) is 15.2. The van der Waals surface area contributed by atoms with E-state index in [0.29, 0.717) is 17.4 Å². The average Bonchev–Trinajstić information content (AvgIpc) is 3.25. The summed E-state index contributed by atoms with van der Waals surface area (Å²) >= 11 is 1.43. The molecule has 0 aromatic carbocycles. The van der Waals surface area contributed by atoms with Gasteiger partial charge in [-0.05, 0) is 25.3 Å². The average molecular weight is 356 g/mol. The predicted molar refractivity (Wildman–Crippen MR) is 96.5 cm³/mol. The lowest BCUT2D eigenvalue weighted by Gasteiger charge is -2.14. The van der Waals surface area contributed by atoms with Gasteiger partial charge in [0.1, 0.15) is 5.69 Å². The fourth-order valence-electron chi connectivity index (χ4n) is 3.17. The lowest BCUT2D eigenvalue weighted by atomic mass is 10.1. The number of thiazole rings is 1. The number of aryl methyl sites for hydroxylation is 1. The molecule has 0 saturated heterocycles. The fourth-order valence-corrected chi connectivity index (χ4v) is 4.16. The number of pyridine rings is 1. The molecule has 1 N–H and O–H groups in total. The molecular formula is C18H20N4O2S. The number of hydrogen-bond acceptors (Lipinski definition) is 5. The van der Waals surface area contributed by atoms with Crippen LogP contribution in [-0.4, -0.2) is 33.2 Å². The van der Waals surface area contributed by atoms with Crippen LogP contribution in [0.4, 0.5) is 5.13 Å². The van der Waals surface area contributed by atoms with Crippen molar-refractivity contribution in [1.29, 1.82) is 0 Å². The Labute approximate surface area is 150 Å². The molecule has 1 aliphatic carbocycles. The third kappa shape index (κ3) is 3.28.